The van der Waals surface area contributed by atoms with Crippen molar-refractivity contribution < 1.29 is 14.2 Å². The zero-order valence-electron chi connectivity index (χ0n) is 17.5. The molecule has 3 rings (SSSR count). The van der Waals surface area contributed by atoms with E-state index < -0.39 is 0 Å². The summed E-state index contributed by atoms with van der Waals surface area (Å²) in [5, 5.41) is 6.71. The molecule has 6 nitrogen and oxygen atoms in total. The van der Waals surface area contributed by atoms with E-state index in [4.69, 9.17) is 14.2 Å². The van der Waals surface area contributed by atoms with Gasteiger partial charge in [0.2, 0.25) is 0 Å². The standard InChI is InChI=1S/C23H31N3O3/c1-24-23(25-15-17-11-13-19(27-2)14-12-17)26-16-18-7-6-10-21(28-3)22(18)29-20-8-4-5-9-20/h6-7,10-14,20H,4-5,8-9,15-16H2,1-3H3,(H2,24,25,26). The lowest BCUT2D eigenvalue weighted by atomic mass is 10.1. The SMILES string of the molecule is CN=C(NCc1ccc(OC)cc1)NCc1cccc(OC)c1OC1CCCC1. The fourth-order valence-corrected chi connectivity index (χ4v) is 3.50. The molecule has 0 atom stereocenters. The summed E-state index contributed by atoms with van der Waals surface area (Å²) in [5.74, 6) is 3.19. The number of guanidine groups is 1. The maximum absolute atomic E-state index is 6.31. The molecule has 0 bridgehead atoms. The highest BCUT2D eigenvalue weighted by Crippen LogP contribution is 2.34. The molecule has 1 aliphatic rings. The van der Waals surface area contributed by atoms with Crippen LogP contribution in [0.1, 0.15) is 36.8 Å². The third kappa shape index (κ3) is 5.79. The van der Waals surface area contributed by atoms with Crippen LogP contribution in [0.4, 0.5) is 0 Å². The Morgan fingerprint density at radius 1 is 0.966 bits per heavy atom. The molecule has 0 spiro atoms. The zero-order valence-corrected chi connectivity index (χ0v) is 17.5. The predicted molar refractivity (Wildman–Crippen MR) is 116 cm³/mol. The predicted octanol–water partition coefficient (Wildman–Crippen LogP) is 3.89. The zero-order chi connectivity index (χ0) is 20.5. The Hall–Kier alpha value is -2.89. The number of benzene rings is 2. The van der Waals surface area contributed by atoms with E-state index in [1.54, 1.807) is 21.3 Å². The van der Waals surface area contributed by atoms with Crippen molar-refractivity contribution in [2.75, 3.05) is 21.3 Å². The Bertz CT molecular complexity index is 800. The van der Waals surface area contributed by atoms with Crippen molar-refractivity contribution >= 4 is 5.96 Å². The van der Waals surface area contributed by atoms with Gasteiger partial charge in [0.1, 0.15) is 5.75 Å². The highest BCUT2D eigenvalue weighted by Gasteiger charge is 2.20. The molecule has 0 aromatic heterocycles. The third-order valence-electron chi connectivity index (χ3n) is 5.16. The summed E-state index contributed by atoms with van der Waals surface area (Å²) in [7, 11) is 5.12. The van der Waals surface area contributed by atoms with Crippen LogP contribution in [0.2, 0.25) is 0 Å². The van der Waals surface area contributed by atoms with Crippen molar-refractivity contribution in [1.82, 2.24) is 10.6 Å². The van der Waals surface area contributed by atoms with Gasteiger partial charge in [-0.25, -0.2) is 0 Å². The van der Waals surface area contributed by atoms with Crippen molar-refractivity contribution in [1.29, 1.82) is 0 Å². The maximum Gasteiger partial charge on any atom is 0.191 e. The lowest BCUT2D eigenvalue weighted by Crippen LogP contribution is -2.36. The summed E-state index contributed by atoms with van der Waals surface area (Å²) in [4.78, 5) is 4.33. The van der Waals surface area contributed by atoms with Crippen molar-refractivity contribution in [2.45, 2.75) is 44.9 Å². The summed E-state index contributed by atoms with van der Waals surface area (Å²) in [5.41, 5.74) is 2.21. The Kier molecular flexibility index (Phi) is 7.61. The van der Waals surface area contributed by atoms with Crippen LogP contribution < -0.4 is 24.8 Å². The molecule has 0 aliphatic heterocycles. The summed E-state index contributed by atoms with van der Waals surface area (Å²) in [6.07, 6.45) is 4.95. The average Bonchev–Trinajstić information content (AvgIpc) is 3.28. The van der Waals surface area contributed by atoms with Crippen molar-refractivity contribution in [3.05, 3.63) is 53.6 Å². The van der Waals surface area contributed by atoms with E-state index in [1.165, 1.54) is 12.8 Å². The van der Waals surface area contributed by atoms with Crippen LogP contribution in [0.3, 0.4) is 0 Å². The lowest BCUT2D eigenvalue weighted by molar-refractivity contribution is 0.198. The van der Waals surface area contributed by atoms with Gasteiger partial charge in [-0.15, -0.1) is 0 Å². The Labute approximate surface area is 173 Å². The fourth-order valence-electron chi connectivity index (χ4n) is 3.50. The van der Waals surface area contributed by atoms with Crippen LogP contribution >= 0.6 is 0 Å². The molecule has 2 aromatic rings. The van der Waals surface area contributed by atoms with E-state index in [-0.39, 0.29) is 6.10 Å². The van der Waals surface area contributed by atoms with Crippen LogP contribution in [-0.2, 0) is 13.1 Å². The minimum Gasteiger partial charge on any atom is -0.497 e. The number of hydrogen-bond acceptors (Lipinski definition) is 4. The van der Waals surface area contributed by atoms with Gasteiger partial charge < -0.3 is 24.8 Å². The van der Waals surface area contributed by atoms with Crippen molar-refractivity contribution in [2.24, 2.45) is 4.99 Å². The minimum absolute atomic E-state index is 0.276. The number of para-hydroxylation sites is 1. The van der Waals surface area contributed by atoms with Gasteiger partial charge in [-0.05, 0) is 49.4 Å². The number of methoxy groups -OCH3 is 2. The summed E-state index contributed by atoms with van der Waals surface area (Å²) in [6.45, 7) is 1.27. The largest absolute Gasteiger partial charge is 0.497 e. The second-order valence-corrected chi connectivity index (χ2v) is 7.10. The van der Waals surface area contributed by atoms with Crippen LogP contribution in [0, 0.1) is 0 Å². The smallest absolute Gasteiger partial charge is 0.191 e. The molecule has 29 heavy (non-hydrogen) atoms. The third-order valence-corrected chi connectivity index (χ3v) is 5.16. The molecule has 0 saturated heterocycles. The summed E-state index contributed by atoms with van der Waals surface area (Å²) in [6, 6.07) is 14.0. The highest BCUT2D eigenvalue weighted by molar-refractivity contribution is 5.79. The van der Waals surface area contributed by atoms with Gasteiger partial charge in [-0.3, -0.25) is 4.99 Å². The van der Waals surface area contributed by atoms with Gasteiger partial charge in [0.25, 0.3) is 0 Å². The first-order valence-corrected chi connectivity index (χ1v) is 10.1. The second kappa shape index (κ2) is 10.6. The number of aliphatic imine (C=N–C) groups is 1. The first kappa shape index (κ1) is 20.8. The molecular weight excluding hydrogens is 366 g/mol. The van der Waals surface area contributed by atoms with E-state index in [0.29, 0.717) is 13.1 Å². The Morgan fingerprint density at radius 2 is 1.69 bits per heavy atom. The molecular formula is C23H31N3O3. The fraction of sp³-hybridized carbons (Fsp3) is 0.435. The maximum atomic E-state index is 6.31. The average molecular weight is 398 g/mol. The first-order valence-electron chi connectivity index (χ1n) is 10.1. The number of rotatable bonds is 8. The summed E-state index contributed by atoms with van der Waals surface area (Å²) >= 11 is 0. The molecule has 1 fully saturated rings. The first-order chi connectivity index (χ1) is 14.2. The molecule has 0 unspecified atom stereocenters. The molecule has 156 valence electrons. The Morgan fingerprint density at radius 3 is 2.34 bits per heavy atom. The van der Waals surface area contributed by atoms with E-state index in [1.807, 2.05) is 36.4 Å². The van der Waals surface area contributed by atoms with Crippen molar-refractivity contribution in [3.8, 4) is 17.2 Å². The lowest BCUT2D eigenvalue weighted by Gasteiger charge is -2.20. The monoisotopic (exact) mass is 397 g/mol. The minimum atomic E-state index is 0.276. The van der Waals surface area contributed by atoms with E-state index >= 15 is 0 Å². The molecule has 0 heterocycles. The number of hydrogen-bond donors (Lipinski definition) is 2. The molecule has 6 heteroatoms. The van der Waals surface area contributed by atoms with Crippen LogP contribution in [0.25, 0.3) is 0 Å². The molecule has 0 amide bonds. The van der Waals surface area contributed by atoms with Gasteiger partial charge >= 0.3 is 0 Å². The van der Waals surface area contributed by atoms with Gasteiger partial charge in [0.15, 0.2) is 17.5 Å². The Balaban J connectivity index is 1.60. The quantitative estimate of drug-likeness (QED) is 0.523. The van der Waals surface area contributed by atoms with Crippen LogP contribution in [0.5, 0.6) is 17.2 Å². The van der Waals surface area contributed by atoms with Crippen molar-refractivity contribution in [3.63, 3.8) is 0 Å². The van der Waals surface area contributed by atoms with Crippen LogP contribution in [0.15, 0.2) is 47.5 Å². The summed E-state index contributed by atoms with van der Waals surface area (Å²) < 4.78 is 17.1. The van der Waals surface area contributed by atoms with E-state index in [9.17, 15) is 0 Å². The van der Waals surface area contributed by atoms with Gasteiger partial charge in [-0.1, -0.05) is 24.3 Å². The second-order valence-electron chi connectivity index (χ2n) is 7.10. The number of ether oxygens (including phenoxy) is 3. The van der Waals surface area contributed by atoms with Gasteiger partial charge in [0.05, 0.1) is 20.3 Å². The molecule has 1 aliphatic carbocycles. The van der Waals surface area contributed by atoms with Crippen LogP contribution in [-0.4, -0.2) is 33.3 Å². The highest BCUT2D eigenvalue weighted by atomic mass is 16.5. The van der Waals surface area contributed by atoms with E-state index in [2.05, 4.69) is 21.7 Å². The molecule has 1 saturated carbocycles. The van der Waals surface area contributed by atoms with Gasteiger partial charge in [-0.2, -0.15) is 0 Å². The van der Waals surface area contributed by atoms with Gasteiger partial charge in [0, 0.05) is 25.7 Å². The van der Waals surface area contributed by atoms with E-state index in [0.717, 1.165) is 47.2 Å². The molecule has 2 aromatic carbocycles. The number of nitrogens with one attached hydrogen (secondary N) is 2. The number of nitrogens with zero attached hydrogens (tertiary/aromatic N) is 1. The molecule has 2 N–H and O–H groups in total. The normalized spacial score (nSPS) is 14.5. The topological polar surface area (TPSA) is 64.1 Å². The molecule has 0 radical (unpaired) electrons.